The monoisotopic (exact) mass is 322 g/mol. The van der Waals surface area contributed by atoms with Crippen LogP contribution >= 0.6 is 0 Å². The average Bonchev–Trinajstić information content (AvgIpc) is 2.86. The van der Waals surface area contributed by atoms with Crippen LogP contribution in [0.2, 0.25) is 0 Å². The summed E-state index contributed by atoms with van der Waals surface area (Å²) in [5.74, 6) is 0.785. The van der Waals surface area contributed by atoms with E-state index in [1.807, 2.05) is 39.0 Å². The number of hydrogen-bond acceptors (Lipinski definition) is 4. The molecule has 7 heteroatoms. The molecule has 2 rings (SSSR count). The zero-order valence-corrected chi connectivity index (χ0v) is 13.9. The van der Waals surface area contributed by atoms with Crippen LogP contribution in [0.1, 0.15) is 32.2 Å². The highest BCUT2D eigenvalue weighted by molar-refractivity contribution is 7.88. The zero-order chi connectivity index (χ0) is 16.2. The number of H-pyrrole nitrogens is 1. The van der Waals surface area contributed by atoms with Crippen LogP contribution in [0.5, 0.6) is 0 Å². The molecule has 3 N–H and O–H groups in total. The van der Waals surface area contributed by atoms with Crippen LogP contribution in [0.15, 0.2) is 36.7 Å². The second kappa shape index (κ2) is 6.50. The van der Waals surface area contributed by atoms with Gasteiger partial charge in [0.15, 0.2) is 0 Å². The summed E-state index contributed by atoms with van der Waals surface area (Å²) in [5, 5.41) is 3.21. The predicted molar refractivity (Wildman–Crippen MR) is 87.9 cm³/mol. The highest BCUT2D eigenvalue weighted by atomic mass is 32.2. The van der Waals surface area contributed by atoms with Crippen LogP contribution in [0, 0.1) is 0 Å². The summed E-state index contributed by atoms with van der Waals surface area (Å²) in [6.07, 6.45) is 3.45. The largest absolute Gasteiger partial charge is 0.378 e. The molecule has 6 nitrogen and oxygen atoms in total. The summed E-state index contributed by atoms with van der Waals surface area (Å²) in [4.78, 5) is 7.14. The van der Waals surface area contributed by atoms with E-state index < -0.39 is 15.6 Å². The number of aromatic nitrogens is 2. The Balaban J connectivity index is 2.02. The molecular formula is C15H22N4O2S. The summed E-state index contributed by atoms with van der Waals surface area (Å²) in [7, 11) is -3.36. The van der Waals surface area contributed by atoms with E-state index in [0.29, 0.717) is 6.54 Å². The molecular weight excluding hydrogens is 300 g/mol. The Labute approximate surface area is 131 Å². The minimum atomic E-state index is -3.36. The van der Waals surface area contributed by atoms with Gasteiger partial charge in [0.05, 0.1) is 12.3 Å². The first kappa shape index (κ1) is 16.5. The van der Waals surface area contributed by atoms with Gasteiger partial charge >= 0.3 is 0 Å². The Bertz CT molecular complexity index is 703. The van der Waals surface area contributed by atoms with Crippen LogP contribution in [-0.2, 0) is 22.3 Å². The molecule has 1 heterocycles. The van der Waals surface area contributed by atoms with Gasteiger partial charge in [-0.1, -0.05) is 12.1 Å². The number of anilines is 1. The lowest BCUT2D eigenvalue weighted by molar-refractivity contribution is 0.491. The quantitative estimate of drug-likeness (QED) is 0.761. The van der Waals surface area contributed by atoms with Gasteiger partial charge in [0.1, 0.15) is 5.82 Å². The first-order valence-corrected chi connectivity index (χ1v) is 8.71. The number of rotatable bonds is 6. The molecule has 0 spiro atoms. The molecule has 0 fully saturated rings. The average molecular weight is 322 g/mol. The number of nitrogens with one attached hydrogen (secondary N) is 3. The lowest BCUT2D eigenvalue weighted by atomic mass is 10.1. The van der Waals surface area contributed by atoms with Gasteiger partial charge in [-0.3, -0.25) is 0 Å². The van der Waals surface area contributed by atoms with Crippen molar-refractivity contribution in [3.05, 3.63) is 48.0 Å². The minimum absolute atomic E-state index is 0.0411. The Kier molecular flexibility index (Phi) is 4.87. The van der Waals surface area contributed by atoms with Gasteiger partial charge in [0.25, 0.3) is 0 Å². The SMILES string of the molecule is CC(C)(C)NS(=O)(=O)Cc1cccc(NCc2ncc[nH]2)c1. The van der Waals surface area contributed by atoms with E-state index in [0.717, 1.165) is 17.1 Å². The molecule has 0 saturated carbocycles. The number of aromatic amines is 1. The van der Waals surface area contributed by atoms with E-state index in [9.17, 15) is 8.42 Å². The molecule has 0 unspecified atom stereocenters. The van der Waals surface area contributed by atoms with Gasteiger partial charge in [-0.2, -0.15) is 0 Å². The first-order chi connectivity index (χ1) is 10.2. The van der Waals surface area contributed by atoms with Crippen molar-refractivity contribution >= 4 is 15.7 Å². The Morgan fingerprint density at radius 2 is 2.05 bits per heavy atom. The second-order valence-electron chi connectivity index (χ2n) is 6.20. The topological polar surface area (TPSA) is 86.9 Å². The fraction of sp³-hybridized carbons (Fsp3) is 0.400. The number of sulfonamides is 1. The highest BCUT2D eigenvalue weighted by Gasteiger charge is 2.20. The fourth-order valence-electron chi connectivity index (χ4n) is 2.07. The Hall–Kier alpha value is -1.86. The van der Waals surface area contributed by atoms with Crippen molar-refractivity contribution in [3.63, 3.8) is 0 Å². The van der Waals surface area contributed by atoms with Crippen LogP contribution in [0.3, 0.4) is 0 Å². The van der Waals surface area contributed by atoms with E-state index in [-0.39, 0.29) is 5.75 Å². The van der Waals surface area contributed by atoms with Crippen molar-refractivity contribution in [1.82, 2.24) is 14.7 Å². The van der Waals surface area contributed by atoms with Gasteiger partial charge in [-0.15, -0.1) is 0 Å². The van der Waals surface area contributed by atoms with Crippen molar-refractivity contribution in [3.8, 4) is 0 Å². The maximum absolute atomic E-state index is 12.1. The Morgan fingerprint density at radius 3 is 2.68 bits per heavy atom. The molecule has 0 aliphatic rings. The number of nitrogens with zero attached hydrogens (tertiary/aromatic N) is 1. The highest BCUT2D eigenvalue weighted by Crippen LogP contribution is 2.15. The first-order valence-electron chi connectivity index (χ1n) is 7.06. The number of imidazole rings is 1. The van der Waals surface area contributed by atoms with Gasteiger partial charge in [0, 0.05) is 23.6 Å². The molecule has 0 aliphatic heterocycles. The van der Waals surface area contributed by atoms with E-state index in [1.165, 1.54) is 0 Å². The van der Waals surface area contributed by atoms with E-state index in [2.05, 4.69) is 20.0 Å². The van der Waals surface area contributed by atoms with Gasteiger partial charge in [0.2, 0.25) is 10.0 Å². The van der Waals surface area contributed by atoms with Crippen molar-refractivity contribution in [2.75, 3.05) is 5.32 Å². The molecule has 120 valence electrons. The molecule has 1 aromatic carbocycles. The van der Waals surface area contributed by atoms with Crippen LogP contribution in [0.4, 0.5) is 5.69 Å². The summed E-state index contributed by atoms with van der Waals surface area (Å²) >= 11 is 0. The van der Waals surface area contributed by atoms with E-state index in [4.69, 9.17) is 0 Å². The smallest absolute Gasteiger partial charge is 0.216 e. The lowest BCUT2D eigenvalue weighted by Gasteiger charge is -2.20. The molecule has 22 heavy (non-hydrogen) atoms. The number of benzene rings is 1. The molecule has 0 saturated heterocycles. The molecule has 2 aromatic rings. The number of hydrogen-bond donors (Lipinski definition) is 3. The summed E-state index contributed by atoms with van der Waals surface area (Å²) in [5.41, 5.74) is 1.12. The van der Waals surface area contributed by atoms with Gasteiger partial charge in [-0.05, 0) is 38.5 Å². The fourth-order valence-corrected chi connectivity index (χ4v) is 3.70. The molecule has 0 atom stereocenters. The Morgan fingerprint density at radius 1 is 1.27 bits per heavy atom. The van der Waals surface area contributed by atoms with E-state index in [1.54, 1.807) is 18.5 Å². The third-order valence-corrected chi connectivity index (χ3v) is 4.40. The van der Waals surface area contributed by atoms with Crippen molar-refractivity contribution < 1.29 is 8.42 Å². The predicted octanol–water partition coefficient (Wildman–Crippen LogP) is 2.24. The summed E-state index contributed by atoms with van der Waals surface area (Å²) in [6.45, 7) is 6.03. The molecule has 0 radical (unpaired) electrons. The molecule has 0 amide bonds. The normalized spacial score (nSPS) is 12.3. The van der Waals surface area contributed by atoms with Gasteiger partial charge in [-0.25, -0.2) is 18.1 Å². The maximum atomic E-state index is 12.1. The zero-order valence-electron chi connectivity index (χ0n) is 13.1. The molecule has 0 bridgehead atoms. The van der Waals surface area contributed by atoms with Crippen LogP contribution < -0.4 is 10.0 Å². The lowest BCUT2D eigenvalue weighted by Crippen LogP contribution is -2.41. The van der Waals surface area contributed by atoms with Crippen molar-refractivity contribution in [2.24, 2.45) is 0 Å². The third-order valence-electron chi connectivity index (χ3n) is 2.76. The standard InChI is InChI=1S/C15H22N4O2S/c1-15(2,3)19-22(20,21)11-12-5-4-6-13(9-12)18-10-14-16-7-8-17-14/h4-9,18-19H,10-11H2,1-3H3,(H,16,17). The second-order valence-corrected chi connectivity index (χ2v) is 7.92. The van der Waals surface area contributed by atoms with Crippen LogP contribution in [0.25, 0.3) is 0 Å². The summed E-state index contributed by atoms with van der Waals surface area (Å²) in [6, 6.07) is 7.38. The van der Waals surface area contributed by atoms with Crippen molar-refractivity contribution in [1.29, 1.82) is 0 Å². The maximum Gasteiger partial charge on any atom is 0.216 e. The van der Waals surface area contributed by atoms with Crippen molar-refractivity contribution in [2.45, 2.75) is 38.6 Å². The summed E-state index contributed by atoms with van der Waals surface area (Å²) < 4.78 is 26.9. The van der Waals surface area contributed by atoms with Gasteiger partial charge < -0.3 is 10.3 Å². The molecule has 0 aliphatic carbocycles. The van der Waals surface area contributed by atoms with E-state index >= 15 is 0 Å². The third kappa shape index (κ3) is 5.50. The minimum Gasteiger partial charge on any atom is -0.378 e. The molecule has 1 aromatic heterocycles. The van der Waals surface area contributed by atoms with Crippen LogP contribution in [-0.4, -0.2) is 23.9 Å².